The van der Waals surface area contributed by atoms with Crippen molar-refractivity contribution in [1.82, 2.24) is 9.88 Å². The maximum atomic E-state index is 12.4. The molecule has 2 heterocycles. The predicted octanol–water partition coefficient (Wildman–Crippen LogP) is 1.50. The highest BCUT2D eigenvalue weighted by atomic mass is 16.3. The zero-order chi connectivity index (χ0) is 13.7. The third kappa shape index (κ3) is 3.23. The molecule has 0 bridgehead atoms. The van der Waals surface area contributed by atoms with E-state index in [1.807, 2.05) is 13.0 Å². The Morgan fingerprint density at radius 2 is 2.37 bits per heavy atom. The first kappa shape index (κ1) is 13.8. The number of aliphatic hydroxyl groups is 1. The summed E-state index contributed by atoms with van der Waals surface area (Å²) in [7, 11) is 0. The van der Waals surface area contributed by atoms with Crippen LogP contribution in [0.1, 0.15) is 36.7 Å². The number of aliphatic hydroxyl groups excluding tert-OH is 1. The van der Waals surface area contributed by atoms with Crippen molar-refractivity contribution in [3.63, 3.8) is 0 Å². The molecule has 1 aromatic heterocycles. The Labute approximate surface area is 113 Å². The molecule has 0 saturated carbocycles. The topological polar surface area (TPSA) is 65.5 Å². The van der Waals surface area contributed by atoms with E-state index in [4.69, 9.17) is 0 Å². The molecule has 19 heavy (non-hydrogen) atoms. The molecule has 1 aliphatic heterocycles. The van der Waals surface area contributed by atoms with Gasteiger partial charge in [0.1, 0.15) is 5.69 Å². The van der Waals surface area contributed by atoms with Crippen molar-refractivity contribution in [3.8, 4) is 0 Å². The number of carbonyl (C=O) groups is 1. The van der Waals surface area contributed by atoms with Crippen LogP contribution in [0.3, 0.4) is 0 Å². The summed E-state index contributed by atoms with van der Waals surface area (Å²) in [6.07, 6.45) is 4.62. The number of carbonyl (C=O) groups excluding carboxylic acids is 1. The third-order valence-electron chi connectivity index (χ3n) is 3.46. The van der Waals surface area contributed by atoms with E-state index in [1.54, 1.807) is 17.2 Å². The summed E-state index contributed by atoms with van der Waals surface area (Å²) in [5.74, 6) is -0.0817. The number of hydrogen-bond donors (Lipinski definition) is 2. The molecular weight excluding hydrogens is 242 g/mol. The molecule has 2 N–H and O–H groups in total. The van der Waals surface area contributed by atoms with Crippen LogP contribution in [0.15, 0.2) is 18.3 Å². The summed E-state index contributed by atoms with van der Waals surface area (Å²) in [5.41, 5.74) is 1.36. The number of hydrogen-bond acceptors (Lipinski definition) is 4. The largest absolute Gasteiger partial charge is 0.394 e. The van der Waals surface area contributed by atoms with Gasteiger partial charge in [0.05, 0.1) is 24.5 Å². The van der Waals surface area contributed by atoms with Crippen LogP contribution in [-0.4, -0.2) is 46.6 Å². The van der Waals surface area contributed by atoms with Crippen LogP contribution in [0, 0.1) is 0 Å². The molecule has 1 aliphatic rings. The Morgan fingerprint density at radius 3 is 3.00 bits per heavy atom. The van der Waals surface area contributed by atoms with Gasteiger partial charge in [-0.25, -0.2) is 4.98 Å². The van der Waals surface area contributed by atoms with E-state index in [2.05, 4.69) is 10.3 Å². The van der Waals surface area contributed by atoms with Crippen LogP contribution >= 0.6 is 0 Å². The molecule has 0 radical (unpaired) electrons. The highest BCUT2D eigenvalue weighted by Gasteiger charge is 2.27. The van der Waals surface area contributed by atoms with E-state index in [0.29, 0.717) is 12.2 Å². The van der Waals surface area contributed by atoms with Crippen molar-refractivity contribution in [2.24, 2.45) is 0 Å². The minimum atomic E-state index is -0.0817. The van der Waals surface area contributed by atoms with Gasteiger partial charge in [0.15, 0.2) is 0 Å². The molecule has 1 fully saturated rings. The highest BCUT2D eigenvalue weighted by molar-refractivity contribution is 5.92. The van der Waals surface area contributed by atoms with Crippen LogP contribution < -0.4 is 5.32 Å². The SMILES string of the molecule is CCNc1ccc(C(=O)N2CCCCC2CO)nc1. The maximum absolute atomic E-state index is 12.4. The third-order valence-corrected chi connectivity index (χ3v) is 3.46. The lowest BCUT2D eigenvalue weighted by molar-refractivity contribution is 0.0497. The molecule has 5 heteroatoms. The monoisotopic (exact) mass is 263 g/mol. The molecule has 2 rings (SSSR count). The predicted molar refractivity (Wildman–Crippen MR) is 74.2 cm³/mol. The molecular formula is C14H21N3O2. The number of amides is 1. The molecule has 0 aromatic carbocycles. The molecule has 1 saturated heterocycles. The Bertz CT molecular complexity index is 419. The van der Waals surface area contributed by atoms with Gasteiger partial charge in [-0.2, -0.15) is 0 Å². The second-order valence-corrected chi connectivity index (χ2v) is 4.79. The second kappa shape index (κ2) is 6.52. The Morgan fingerprint density at radius 1 is 1.53 bits per heavy atom. The Hall–Kier alpha value is -1.62. The van der Waals surface area contributed by atoms with Crippen molar-refractivity contribution in [2.75, 3.05) is 25.0 Å². The van der Waals surface area contributed by atoms with Crippen molar-refractivity contribution < 1.29 is 9.90 Å². The number of likely N-dealkylation sites (tertiary alicyclic amines) is 1. The van der Waals surface area contributed by atoms with Crippen molar-refractivity contribution in [1.29, 1.82) is 0 Å². The highest BCUT2D eigenvalue weighted by Crippen LogP contribution is 2.19. The number of pyridine rings is 1. The van der Waals surface area contributed by atoms with Gasteiger partial charge in [0.2, 0.25) is 0 Å². The molecule has 1 aromatic rings. The number of rotatable bonds is 4. The van der Waals surface area contributed by atoms with E-state index in [0.717, 1.165) is 31.5 Å². The van der Waals surface area contributed by atoms with E-state index in [1.165, 1.54) is 0 Å². The zero-order valence-corrected chi connectivity index (χ0v) is 11.3. The number of aromatic nitrogens is 1. The summed E-state index contributed by atoms with van der Waals surface area (Å²) < 4.78 is 0. The molecule has 0 spiro atoms. The number of nitrogens with one attached hydrogen (secondary N) is 1. The van der Waals surface area contributed by atoms with Crippen LogP contribution in [0.25, 0.3) is 0 Å². The average Bonchev–Trinajstić information content (AvgIpc) is 2.47. The van der Waals surface area contributed by atoms with E-state index in [9.17, 15) is 9.90 Å². The van der Waals surface area contributed by atoms with E-state index < -0.39 is 0 Å². The number of nitrogens with zero attached hydrogens (tertiary/aromatic N) is 2. The lowest BCUT2D eigenvalue weighted by atomic mass is 10.0. The second-order valence-electron chi connectivity index (χ2n) is 4.79. The standard InChI is InChI=1S/C14H21N3O2/c1-2-15-11-6-7-13(16-9-11)14(19)17-8-4-3-5-12(17)10-18/h6-7,9,12,15,18H,2-5,8,10H2,1H3. The van der Waals surface area contributed by atoms with Gasteiger partial charge in [-0.15, -0.1) is 0 Å². The van der Waals surface area contributed by atoms with Crippen LogP contribution in [0.5, 0.6) is 0 Å². The minimum Gasteiger partial charge on any atom is -0.394 e. The van der Waals surface area contributed by atoms with Crippen molar-refractivity contribution in [2.45, 2.75) is 32.2 Å². The summed E-state index contributed by atoms with van der Waals surface area (Å²) in [6, 6.07) is 3.54. The lowest BCUT2D eigenvalue weighted by Gasteiger charge is -2.34. The van der Waals surface area contributed by atoms with Gasteiger partial charge >= 0.3 is 0 Å². The Balaban J connectivity index is 2.09. The molecule has 104 valence electrons. The van der Waals surface area contributed by atoms with E-state index >= 15 is 0 Å². The number of anilines is 1. The quantitative estimate of drug-likeness (QED) is 0.864. The van der Waals surface area contributed by atoms with Gasteiger partial charge in [0, 0.05) is 13.1 Å². The normalized spacial score (nSPS) is 19.3. The van der Waals surface area contributed by atoms with Crippen molar-refractivity contribution in [3.05, 3.63) is 24.0 Å². The van der Waals surface area contributed by atoms with Crippen LogP contribution in [-0.2, 0) is 0 Å². The van der Waals surface area contributed by atoms with Crippen LogP contribution in [0.2, 0.25) is 0 Å². The smallest absolute Gasteiger partial charge is 0.272 e. The van der Waals surface area contributed by atoms with Gasteiger partial charge in [-0.3, -0.25) is 4.79 Å². The molecule has 1 unspecified atom stereocenters. The average molecular weight is 263 g/mol. The molecule has 0 aliphatic carbocycles. The molecule has 1 atom stereocenters. The van der Waals surface area contributed by atoms with Crippen LogP contribution in [0.4, 0.5) is 5.69 Å². The van der Waals surface area contributed by atoms with Gasteiger partial charge in [-0.05, 0) is 38.3 Å². The first-order chi connectivity index (χ1) is 9.26. The molecule has 5 nitrogen and oxygen atoms in total. The number of piperidine rings is 1. The zero-order valence-electron chi connectivity index (χ0n) is 11.3. The van der Waals surface area contributed by atoms with E-state index in [-0.39, 0.29) is 18.6 Å². The first-order valence-electron chi connectivity index (χ1n) is 6.88. The van der Waals surface area contributed by atoms with Crippen molar-refractivity contribution >= 4 is 11.6 Å². The maximum Gasteiger partial charge on any atom is 0.272 e. The minimum absolute atomic E-state index is 0.0290. The fourth-order valence-electron chi connectivity index (χ4n) is 2.43. The summed E-state index contributed by atoms with van der Waals surface area (Å²) >= 11 is 0. The summed E-state index contributed by atoms with van der Waals surface area (Å²) in [4.78, 5) is 18.3. The summed E-state index contributed by atoms with van der Waals surface area (Å²) in [5, 5.41) is 12.5. The first-order valence-corrected chi connectivity index (χ1v) is 6.88. The Kier molecular flexibility index (Phi) is 4.74. The van der Waals surface area contributed by atoms with Gasteiger partial charge < -0.3 is 15.3 Å². The fourth-order valence-corrected chi connectivity index (χ4v) is 2.43. The fraction of sp³-hybridized carbons (Fsp3) is 0.571. The van der Waals surface area contributed by atoms with Gasteiger partial charge in [-0.1, -0.05) is 0 Å². The molecule has 1 amide bonds. The van der Waals surface area contributed by atoms with Gasteiger partial charge in [0.25, 0.3) is 5.91 Å². The summed E-state index contributed by atoms with van der Waals surface area (Å²) in [6.45, 7) is 3.58. The lowest BCUT2D eigenvalue weighted by Crippen LogP contribution is -2.45.